The van der Waals surface area contributed by atoms with Crippen LogP contribution in [0.5, 0.6) is 0 Å². The number of rotatable bonds is 3. The van der Waals surface area contributed by atoms with Crippen LogP contribution >= 0.6 is 0 Å². The van der Waals surface area contributed by atoms with Crippen molar-refractivity contribution in [3.8, 4) is 11.5 Å². The summed E-state index contributed by atoms with van der Waals surface area (Å²) in [4.78, 5) is 6.71. The van der Waals surface area contributed by atoms with Gasteiger partial charge in [-0.2, -0.15) is 10.1 Å². The van der Waals surface area contributed by atoms with E-state index in [2.05, 4.69) is 37.2 Å². The molecular formula is C12H19N7. The molecule has 0 atom stereocenters. The number of piperidine rings is 1. The van der Waals surface area contributed by atoms with E-state index in [9.17, 15) is 0 Å². The van der Waals surface area contributed by atoms with E-state index in [1.54, 1.807) is 6.20 Å². The summed E-state index contributed by atoms with van der Waals surface area (Å²) in [5, 5.41) is 14.0. The first-order valence-electron chi connectivity index (χ1n) is 6.57. The van der Waals surface area contributed by atoms with Crippen molar-refractivity contribution in [3.05, 3.63) is 12.3 Å². The van der Waals surface area contributed by atoms with Gasteiger partial charge in [-0.3, -0.25) is 10.2 Å². The van der Waals surface area contributed by atoms with Crippen LogP contribution in [0.4, 0.5) is 5.95 Å². The summed E-state index contributed by atoms with van der Waals surface area (Å²) in [6.45, 7) is 4.90. The fourth-order valence-corrected chi connectivity index (χ4v) is 2.35. The van der Waals surface area contributed by atoms with Gasteiger partial charge in [0.25, 0.3) is 0 Å². The molecule has 1 aliphatic rings. The molecule has 19 heavy (non-hydrogen) atoms. The number of aromatic amines is 2. The zero-order valence-electron chi connectivity index (χ0n) is 11.1. The van der Waals surface area contributed by atoms with Gasteiger partial charge in [-0.25, -0.2) is 0 Å². The van der Waals surface area contributed by atoms with Crippen molar-refractivity contribution >= 4 is 5.95 Å². The predicted molar refractivity (Wildman–Crippen MR) is 72.6 cm³/mol. The Morgan fingerprint density at radius 1 is 1.37 bits per heavy atom. The Kier molecular flexibility index (Phi) is 2.98. The van der Waals surface area contributed by atoms with Gasteiger partial charge >= 0.3 is 0 Å². The zero-order valence-corrected chi connectivity index (χ0v) is 11.1. The third-order valence-corrected chi connectivity index (χ3v) is 3.98. The highest BCUT2D eigenvalue weighted by Gasteiger charge is 2.30. The highest BCUT2D eigenvalue weighted by molar-refractivity contribution is 5.50. The standard InChI is InChI=1S/C12H19N7/c1-12(8-13)3-6-19(7-4-12)11-15-10(17-18-11)9-2-5-14-16-9/h2,5H,3-4,6-8,13H2,1H3,(H,14,16)(H,15,17,18). The second kappa shape index (κ2) is 4.65. The average molecular weight is 261 g/mol. The molecule has 0 aromatic carbocycles. The Morgan fingerprint density at radius 3 is 2.79 bits per heavy atom. The lowest BCUT2D eigenvalue weighted by Crippen LogP contribution is -2.42. The molecule has 2 aromatic rings. The van der Waals surface area contributed by atoms with Crippen LogP contribution in [0.3, 0.4) is 0 Å². The molecule has 3 rings (SSSR count). The lowest BCUT2D eigenvalue weighted by Gasteiger charge is -2.38. The number of hydrogen-bond acceptors (Lipinski definition) is 5. The summed E-state index contributed by atoms with van der Waals surface area (Å²) in [7, 11) is 0. The summed E-state index contributed by atoms with van der Waals surface area (Å²) < 4.78 is 0. The largest absolute Gasteiger partial charge is 0.339 e. The summed E-state index contributed by atoms with van der Waals surface area (Å²) >= 11 is 0. The Balaban J connectivity index is 1.71. The molecule has 1 fully saturated rings. The van der Waals surface area contributed by atoms with E-state index in [-0.39, 0.29) is 5.41 Å². The quantitative estimate of drug-likeness (QED) is 0.757. The van der Waals surface area contributed by atoms with Crippen molar-refractivity contribution in [2.75, 3.05) is 24.5 Å². The molecule has 2 aromatic heterocycles. The minimum absolute atomic E-state index is 0.263. The maximum atomic E-state index is 5.82. The SMILES string of the molecule is CC1(CN)CCN(c2n[nH]c(-c3ccn[nH]3)n2)CC1. The Bertz CT molecular complexity index is 522. The van der Waals surface area contributed by atoms with Gasteiger partial charge < -0.3 is 10.6 Å². The topological polar surface area (TPSA) is 99.5 Å². The van der Waals surface area contributed by atoms with Gasteiger partial charge in [0.05, 0.1) is 0 Å². The molecule has 0 unspecified atom stereocenters. The van der Waals surface area contributed by atoms with E-state index in [1.165, 1.54) is 0 Å². The summed E-state index contributed by atoms with van der Waals surface area (Å²) in [6, 6.07) is 1.87. The smallest absolute Gasteiger partial charge is 0.245 e. The third-order valence-electron chi connectivity index (χ3n) is 3.98. The first-order valence-corrected chi connectivity index (χ1v) is 6.57. The normalized spacial score (nSPS) is 18.7. The summed E-state index contributed by atoms with van der Waals surface area (Å²) in [6.07, 6.45) is 3.86. The molecule has 0 bridgehead atoms. The Hall–Kier alpha value is -1.89. The minimum atomic E-state index is 0.263. The van der Waals surface area contributed by atoms with Crippen LogP contribution in [-0.4, -0.2) is 45.0 Å². The first-order chi connectivity index (χ1) is 9.20. The zero-order chi connectivity index (χ0) is 13.3. The van der Waals surface area contributed by atoms with E-state index >= 15 is 0 Å². The summed E-state index contributed by atoms with van der Waals surface area (Å²) in [5.74, 6) is 1.48. The second-order valence-electron chi connectivity index (χ2n) is 5.46. The van der Waals surface area contributed by atoms with Crippen LogP contribution in [0.25, 0.3) is 11.5 Å². The lowest BCUT2D eigenvalue weighted by atomic mass is 9.81. The number of hydrogen-bond donors (Lipinski definition) is 3. The van der Waals surface area contributed by atoms with Crippen molar-refractivity contribution < 1.29 is 0 Å². The van der Waals surface area contributed by atoms with Crippen LogP contribution < -0.4 is 10.6 Å². The third kappa shape index (κ3) is 2.33. The fourth-order valence-electron chi connectivity index (χ4n) is 2.35. The maximum absolute atomic E-state index is 5.82. The molecule has 7 nitrogen and oxygen atoms in total. The Labute approximate surface area is 111 Å². The molecule has 1 aliphatic heterocycles. The highest BCUT2D eigenvalue weighted by atomic mass is 15.4. The van der Waals surface area contributed by atoms with E-state index in [0.29, 0.717) is 0 Å². The van der Waals surface area contributed by atoms with Gasteiger partial charge in [0.1, 0.15) is 5.69 Å². The molecule has 0 aliphatic carbocycles. The molecule has 0 saturated carbocycles. The molecule has 3 heterocycles. The Morgan fingerprint density at radius 2 is 2.16 bits per heavy atom. The van der Waals surface area contributed by atoms with Crippen molar-refractivity contribution in [3.63, 3.8) is 0 Å². The molecule has 1 saturated heterocycles. The van der Waals surface area contributed by atoms with Crippen LogP contribution in [-0.2, 0) is 0 Å². The molecule has 4 N–H and O–H groups in total. The number of H-pyrrole nitrogens is 2. The van der Waals surface area contributed by atoms with Gasteiger partial charge in [0.2, 0.25) is 5.95 Å². The van der Waals surface area contributed by atoms with Gasteiger partial charge in [0.15, 0.2) is 5.82 Å². The van der Waals surface area contributed by atoms with E-state index in [1.807, 2.05) is 6.07 Å². The van der Waals surface area contributed by atoms with Gasteiger partial charge in [-0.15, -0.1) is 5.10 Å². The monoisotopic (exact) mass is 261 g/mol. The van der Waals surface area contributed by atoms with Gasteiger partial charge in [-0.05, 0) is 30.9 Å². The van der Waals surface area contributed by atoms with Gasteiger partial charge in [0, 0.05) is 19.3 Å². The van der Waals surface area contributed by atoms with Crippen molar-refractivity contribution in [2.45, 2.75) is 19.8 Å². The summed E-state index contributed by atoms with van der Waals surface area (Å²) in [5.41, 5.74) is 6.94. The number of aromatic nitrogens is 5. The van der Waals surface area contributed by atoms with E-state index in [0.717, 1.165) is 49.9 Å². The van der Waals surface area contributed by atoms with Crippen molar-refractivity contribution in [2.24, 2.45) is 11.1 Å². The number of nitrogens with one attached hydrogen (secondary N) is 2. The fraction of sp³-hybridized carbons (Fsp3) is 0.583. The average Bonchev–Trinajstić information content (AvgIpc) is 3.10. The van der Waals surface area contributed by atoms with Crippen molar-refractivity contribution in [1.29, 1.82) is 0 Å². The van der Waals surface area contributed by atoms with E-state index in [4.69, 9.17) is 5.73 Å². The van der Waals surface area contributed by atoms with Crippen LogP contribution in [0.2, 0.25) is 0 Å². The van der Waals surface area contributed by atoms with E-state index < -0.39 is 0 Å². The second-order valence-corrected chi connectivity index (χ2v) is 5.46. The lowest BCUT2D eigenvalue weighted by molar-refractivity contribution is 0.257. The molecule has 0 spiro atoms. The molecule has 0 radical (unpaired) electrons. The first kappa shape index (κ1) is 12.2. The minimum Gasteiger partial charge on any atom is -0.339 e. The molecule has 102 valence electrons. The number of anilines is 1. The van der Waals surface area contributed by atoms with Crippen LogP contribution in [0, 0.1) is 5.41 Å². The van der Waals surface area contributed by atoms with Gasteiger partial charge in [-0.1, -0.05) is 6.92 Å². The van der Waals surface area contributed by atoms with Crippen LogP contribution in [0.1, 0.15) is 19.8 Å². The maximum Gasteiger partial charge on any atom is 0.245 e. The highest BCUT2D eigenvalue weighted by Crippen LogP contribution is 2.31. The molecule has 7 heteroatoms. The number of nitrogens with two attached hydrogens (primary N) is 1. The van der Waals surface area contributed by atoms with Crippen LogP contribution in [0.15, 0.2) is 12.3 Å². The predicted octanol–water partition coefficient (Wildman–Crippen LogP) is 0.760. The van der Waals surface area contributed by atoms with Crippen molar-refractivity contribution in [1.82, 2.24) is 25.4 Å². The molecule has 0 amide bonds. The number of nitrogens with zero attached hydrogens (tertiary/aromatic N) is 4. The molecular weight excluding hydrogens is 242 g/mol.